The van der Waals surface area contributed by atoms with Crippen molar-refractivity contribution in [2.45, 2.75) is 25.4 Å². The van der Waals surface area contributed by atoms with Gasteiger partial charge in [0.2, 0.25) is 0 Å². The summed E-state index contributed by atoms with van der Waals surface area (Å²) in [6.07, 6.45) is 3.75. The third-order valence-electron chi connectivity index (χ3n) is 3.79. The minimum Gasteiger partial charge on any atom is -0.347 e. The molecular formula is C15H19Cl2N5O. The fourth-order valence-electron chi connectivity index (χ4n) is 2.51. The van der Waals surface area contributed by atoms with Gasteiger partial charge in [0.25, 0.3) is 5.91 Å². The Morgan fingerprint density at radius 3 is 2.70 bits per heavy atom. The lowest BCUT2D eigenvalue weighted by Crippen LogP contribution is -2.29. The first-order valence-electron chi connectivity index (χ1n) is 7.37. The molecule has 1 fully saturated rings. The molecule has 0 spiro atoms. The maximum absolute atomic E-state index is 12.1. The quantitative estimate of drug-likeness (QED) is 0.881. The van der Waals surface area contributed by atoms with E-state index in [2.05, 4.69) is 20.9 Å². The molecule has 1 aliphatic heterocycles. The molecule has 0 radical (unpaired) electrons. The SMILES string of the molecule is Cl.O=C(NCc1ccc(Cl)cc1)c1cn(C2CCNCC2)nn1. The van der Waals surface area contributed by atoms with E-state index in [1.807, 2.05) is 12.1 Å². The molecule has 0 atom stereocenters. The molecule has 1 amide bonds. The Bertz CT molecular complexity index is 638. The fraction of sp³-hybridized carbons (Fsp3) is 0.400. The number of halogens is 2. The van der Waals surface area contributed by atoms with Gasteiger partial charge in [-0.3, -0.25) is 4.79 Å². The van der Waals surface area contributed by atoms with E-state index in [9.17, 15) is 4.79 Å². The van der Waals surface area contributed by atoms with Crippen LogP contribution in [0.3, 0.4) is 0 Å². The monoisotopic (exact) mass is 355 g/mol. The first kappa shape index (κ1) is 17.7. The van der Waals surface area contributed by atoms with E-state index in [-0.39, 0.29) is 18.3 Å². The average molecular weight is 356 g/mol. The van der Waals surface area contributed by atoms with E-state index in [0.29, 0.717) is 23.3 Å². The molecule has 2 N–H and O–H groups in total. The van der Waals surface area contributed by atoms with E-state index >= 15 is 0 Å². The van der Waals surface area contributed by atoms with Crippen LogP contribution in [0.2, 0.25) is 5.02 Å². The maximum atomic E-state index is 12.1. The topological polar surface area (TPSA) is 71.8 Å². The molecule has 1 aromatic heterocycles. The van der Waals surface area contributed by atoms with E-state index in [1.165, 1.54) is 0 Å². The predicted octanol–water partition coefficient (Wildman–Crippen LogP) is 2.21. The zero-order valence-electron chi connectivity index (χ0n) is 12.5. The second-order valence-electron chi connectivity index (χ2n) is 5.37. The number of piperidine rings is 1. The van der Waals surface area contributed by atoms with Crippen molar-refractivity contribution in [3.63, 3.8) is 0 Å². The number of carbonyl (C=O) groups excluding carboxylic acids is 1. The van der Waals surface area contributed by atoms with Crippen molar-refractivity contribution in [1.29, 1.82) is 0 Å². The van der Waals surface area contributed by atoms with E-state index in [0.717, 1.165) is 31.5 Å². The van der Waals surface area contributed by atoms with Gasteiger partial charge < -0.3 is 10.6 Å². The van der Waals surface area contributed by atoms with Crippen molar-refractivity contribution >= 4 is 29.9 Å². The molecule has 8 heteroatoms. The molecule has 6 nitrogen and oxygen atoms in total. The van der Waals surface area contributed by atoms with Gasteiger partial charge in [0.05, 0.1) is 12.2 Å². The van der Waals surface area contributed by atoms with Crippen molar-refractivity contribution in [3.05, 3.63) is 46.7 Å². The maximum Gasteiger partial charge on any atom is 0.273 e. The molecule has 2 aromatic rings. The molecule has 1 saturated heterocycles. The van der Waals surface area contributed by atoms with Gasteiger partial charge in [-0.05, 0) is 43.6 Å². The lowest BCUT2D eigenvalue weighted by Gasteiger charge is -2.22. The van der Waals surface area contributed by atoms with Crippen LogP contribution in [0.1, 0.15) is 34.9 Å². The van der Waals surface area contributed by atoms with E-state index in [1.54, 1.807) is 23.0 Å². The predicted molar refractivity (Wildman–Crippen MR) is 91.0 cm³/mol. The third-order valence-corrected chi connectivity index (χ3v) is 4.04. The van der Waals surface area contributed by atoms with Crippen LogP contribution in [0.25, 0.3) is 0 Å². The van der Waals surface area contributed by atoms with Crippen LogP contribution in [0.15, 0.2) is 30.5 Å². The molecule has 1 aromatic carbocycles. The summed E-state index contributed by atoms with van der Waals surface area (Å²) in [5.74, 6) is -0.213. The number of hydrogen-bond acceptors (Lipinski definition) is 4. The summed E-state index contributed by atoms with van der Waals surface area (Å²) in [5, 5.41) is 14.9. The molecule has 0 bridgehead atoms. The number of hydrogen-bond donors (Lipinski definition) is 2. The summed E-state index contributed by atoms with van der Waals surface area (Å²) < 4.78 is 1.80. The average Bonchev–Trinajstić information content (AvgIpc) is 3.05. The Hall–Kier alpha value is -1.63. The van der Waals surface area contributed by atoms with Crippen LogP contribution < -0.4 is 10.6 Å². The van der Waals surface area contributed by atoms with Gasteiger partial charge in [0.15, 0.2) is 5.69 Å². The van der Waals surface area contributed by atoms with Gasteiger partial charge in [0.1, 0.15) is 0 Å². The van der Waals surface area contributed by atoms with Crippen LogP contribution in [0, 0.1) is 0 Å². The molecule has 2 heterocycles. The molecule has 0 aliphatic carbocycles. The van der Waals surface area contributed by atoms with Crippen LogP contribution in [0.5, 0.6) is 0 Å². The van der Waals surface area contributed by atoms with E-state index < -0.39 is 0 Å². The third kappa shape index (κ3) is 4.67. The summed E-state index contributed by atoms with van der Waals surface area (Å²) in [5.41, 5.74) is 1.34. The van der Waals surface area contributed by atoms with Gasteiger partial charge in [-0.2, -0.15) is 0 Å². The van der Waals surface area contributed by atoms with Gasteiger partial charge >= 0.3 is 0 Å². The van der Waals surface area contributed by atoms with Gasteiger partial charge in [0, 0.05) is 11.6 Å². The lowest BCUT2D eigenvalue weighted by molar-refractivity contribution is 0.0946. The normalized spacial score (nSPS) is 15.0. The van der Waals surface area contributed by atoms with Gasteiger partial charge in [-0.15, -0.1) is 17.5 Å². The van der Waals surface area contributed by atoms with Gasteiger partial charge in [-0.25, -0.2) is 4.68 Å². The molecular weight excluding hydrogens is 337 g/mol. The standard InChI is InChI=1S/C15H18ClN5O.ClH/c16-12-3-1-11(2-4-12)9-18-15(22)14-10-21(20-19-14)13-5-7-17-8-6-13;/h1-4,10,13,17H,5-9H2,(H,18,22);1H. The Labute approximate surface area is 146 Å². The Morgan fingerprint density at radius 2 is 2.00 bits per heavy atom. The van der Waals surface area contributed by atoms with Crippen molar-refractivity contribution in [2.75, 3.05) is 13.1 Å². The van der Waals surface area contributed by atoms with Crippen molar-refractivity contribution < 1.29 is 4.79 Å². The number of nitrogens with one attached hydrogen (secondary N) is 2. The van der Waals surface area contributed by atoms with Crippen LogP contribution in [-0.2, 0) is 6.54 Å². The highest BCUT2D eigenvalue weighted by Crippen LogP contribution is 2.17. The molecule has 23 heavy (non-hydrogen) atoms. The Kier molecular flexibility index (Phi) is 6.38. The zero-order valence-corrected chi connectivity index (χ0v) is 14.1. The molecule has 0 unspecified atom stereocenters. The smallest absolute Gasteiger partial charge is 0.273 e. The molecule has 0 saturated carbocycles. The number of benzene rings is 1. The number of aromatic nitrogens is 3. The molecule has 3 rings (SSSR count). The first-order valence-corrected chi connectivity index (χ1v) is 7.75. The first-order chi connectivity index (χ1) is 10.7. The number of carbonyl (C=O) groups is 1. The van der Waals surface area contributed by atoms with Gasteiger partial charge in [-0.1, -0.05) is 28.9 Å². The van der Waals surface area contributed by atoms with Crippen LogP contribution >= 0.6 is 24.0 Å². The zero-order chi connectivity index (χ0) is 15.4. The second kappa shape index (κ2) is 8.29. The molecule has 124 valence electrons. The van der Waals surface area contributed by atoms with Crippen molar-refractivity contribution in [3.8, 4) is 0 Å². The number of rotatable bonds is 4. The fourth-order valence-corrected chi connectivity index (χ4v) is 2.63. The minimum atomic E-state index is -0.213. The number of amides is 1. The lowest BCUT2D eigenvalue weighted by atomic mass is 10.1. The Balaban J connectivity index is 0.00000192. The van der Waals surface area contributed by atoms with Crippen molar-refractivity contribution in [1.82, 2.24) is 25.6 Å². The summed E-state index contributed by atoms with van der Waals surface area (Å²) in [7, 11) is 0. The summed E-state index contributed by atoms with van der Waals surface area (Å²) in [4.78, 5) is 12.1. The summed E-state index contributed by atoms with van der Waals surface area (Å²) in [6, 6.07) is 7.70. The van der Waals surface area contributed by atoms with Crippen LogP contribution in [0.4, 0.5) is 0 Å². The summed E-state index contributed by atoms with van der Waals surface area (Å²) >= 11 is 5.83. The highest BCUT2D eigenvalue weighted by atomic mass is 35.5. The van der Waals surface area contributed by atoms with E-state index in [4.69, 9.17) is 11.6 Å². The second-order valence-corrected chi connectivity index (χ2v) is 5.81. The number of nitrogens with zero attached hydrogens (tertiary/aromatic N) is 3. The molecule has 1 aliphatic rings. The highest BCUT2D eigenvalue weighted by Gasteiger charge is 2.18. The highest BCUT2D eigenvalue weighted by molar-refractivity contribution is 6.30. The largest absolute Gasteiger partial charge is 0.347 e. The van der Waals surface area contributed by atoms with Crippen LogP contribution in [-0.4, -0.2) is 34.0 Å². The van der Waals surface area contributed by atoms with Crippen molar-refractivity contribution in [2.24, 2.45) is 0 Å². The Morgan fingerprint density at radius 1 is 1.30 bits per heavy atom. The summed E-state index contributed by atoms with van der Waals surface area (Å²) in [6.45, 7) is 2.39. The minimum absolute atomic E-state index is 0.